The molecule has 0 spiro atoms. The smallest absolute Gasteiger partial charge is 0.222 e. The quantitative estimate of drug-likeness (QED) is 0.708. The number of likely N-dealkylation sites (N-methyl/N-ethyl adjacent to an activating group) is 1. The van der Waals surface area contributed by atoms with E-state index < -0.39 is 5.60 Å². The van der Waals surface area contributed by atoms with E-state index in [4.69, 9.17) is 5.73 Å². The van der Waals surface area contributed by atoms with E-state index in [-0.39, 0.29) is 11.8 Å². The first-order chi connectivity index (χ1) is 7.65. The molecule has 3 N–H and O–H groups in total. The molecule has 0 aromatic carbocycles. The van der Waals surface area contributed by atoms with E-state index in [2.05, 4.69) is 13.8 Å². The van der Waals surface area contributed by atoms with E-state index in [1.54, 1.807) is 25.8 Å². The average molecular weight is 244 g/mol. The zero-order valence-electron chi connectivity index (χ0n) is 11.9. The molecule has 0 saturated carbocycles. The Kier molecular flexibility index (Phi) is 6.72. The zero-order chi connectivity index (χ0) is 13.6. The van der Waals surface area contributed by atoms with E-state index in [9.17, 15) is 9.90 Å². The summed E-state index contributed by atoms with van der Waals surface area (Å²) in [6.45, 7) is 8.56. The first kappa shape index (κ1) is 16.4. The highest BCUT2D eigenvalue weighted by Gasteiger charge is 2.21. The second-order valence-electron chi connectivity index (χ2n) is 6.00. The highest BCUT2D eigenvalue weighted by Crippen LogP contribution is 2.16. The number of carbonyl (C=O) groups is 1. The molecule has 0 aliphatic carbocycles. The van der Waals surface area contributed by atoms with Gasteiger partial charge in [-0.1, -0.05) is 13.8 Å². The van der Waals surface area contributed by atoms with Gasteiger partial charge in [-0.2, -0.15) is 0 Å². The maximum atomic E-state index is 11.9. The molecule has 1 amide bonds. The second kappa shape index (κ2) is 6.97. The Balaban J connectivity index is 4.22. The normalized spacial score (nSPS) is 13.9. The van der Waals surface area contributed by atoms with Crippen LogP contribution in [-0.2, 0) is 4.79 Å². The van der Waals surface area contributed by atoms with E-state index in [1.165, 1.54) is 0 Å². The lowest BCUT2D eigenvalue weighted by Gasteiger charge is -2.27. The summed E-state index contributed by atoms with van der Waals surface area (Å²) in [6, 6.07) is 0. The number of nitrogens with zero attached hydrogens (tertiary/aromatic N) is 1. The first-order valence-corrected chi connectivity index (χ1v) is 6.32. The van der Waals surface area contributed by atoms with Crippen LogP contribution >= 0.6 is 0 Å². The molecular weight excluding hydrogens is 216 g/mol. The molecule has 0 rings (SSSR count). The summed E-state index contributed by atoms with van der Waals surface area (Å²) in [5.41, 5.74) is 4.83. The highest BCUT2D eigenvalue weighted by atomic mass is 16.3. The van der Waals surface area contributed by atoms with Crippen molar-refractivity contribution in [2.75, 3.05) is 20.1 Å². The van der Waals surface area contributed by atoms with Crippen molar-refractivity contribution in [3.05, 3.63) is 0 Å². The molecule has 17 heavy (non-hydrogen) atoms. The molecule has 4 heteroatoms. The van der Waals surface area contributed by atoms with E-state index in [1.807, 2.05) is 0 Å². The van der Waals surface area contributed by atoms with E-state index >= 15 is 0 Å². The van der Waals surface area contributed by atoms with Crippen LogP contribution < -0.4 is 5.73 Å². The van der Waals surface area contributed by atoms with Crippen LogP contribution in [0.25, 0.3) is 0 Å². The van der Waals surface area contributed by atoms with Gasteiger partial charge in [0.2, 0.25) is 5.91 Å². The van der Waals surface area contributed by atoms with Gasteiger partial charge in [-0.15, -0.1) is 0 Å². The molecule has 1 atom stereocenters. The van der Waals surface area contributed by atoms with Crippen LogP contribution in [-0.4, -0.2) is 41.7 Å². The molecule has 0 aliphatic heterocycles. The van der Waals surface area contributed by atoms with E-state index in [0.717, 1.165) is 6.42 Å². The van der Waals surface area contributed by atoms with Crippen molar-refractivity contribution >= 4 is 5.91 Å². The fourth-order valence-corrected chi connectivity index (χ4v) is 2.00. The molecule has 0 fully saturated rings. The monoisotopic (exact) mass is 244 g/mol. The van der Waals surface area contributed by atoms with Gasteiger partial charge in [-0.25, -0.2) is 0 Å². The average Bonchev–Trinajstić information content (AvgIpc) is 2.13. The number of hydrogen-bond acceptors (Lipinski definition) is 3. The summed E-state index contributed by atoms with van der Waals surface area (Å²) in [6.07, 6.45) is 1.44. The van der Waals surface area contributed by atoms with Crippen LogP contribution in [0.3, 0.4) is 0 Å². The van der Waals surface area contributed by atoms with Crippen molar-refractivity contribution in [3.63, 3.8) is 0 Å². The fraction of sp³-hybridized carbons (Fsp3) is 0.923. The Morgan fingerprint density at radius 1 is 1.41 bits per heavy atom. The highest BCUT2D eigenvalue weighted by molar-refractivity contribution is 5.76. The predicted octanol–water partition coefficient (Wildman–Crippen LogP) is 1.23. The molecule has 0 bridgehead atoms. The lowest BCUT2D eigenvalue weighted by Crippen LogP contribution is -2.40. The summed E-state index contributed by atoms with van der Waals surface area (Å²) in [5, 5.41) is 9.66. The Hall–Kier alpha value is -0.610. The number of nitrogens with two attached hydrogens (primary N) is 1. The minimum Gasteiger partial charge on any atom is -0.389 e. The molecule has 0 aromatic rings. The lowest BCUT2D eigenvalue weighted by atomic mass is 9.93. The number of hydrogen-bond donors (Lipinski definition) is 2. The van der Waals surface area contributed by atoms with Gasteiger partial charge in [0.15, 0.2) is 0 Å². The van der Waals surface area contributed by atoms with Crippen molar-refractivity contribution in [2.24, 2.45) is 17.6 Å². The van der Waals surface area contributed by atoms with Gasteiger partial charge < -0.3 is 15.7 Å². The number of rotatable bonds is 7. The maximum Gasteiger partial charge on any atom is 0.222 e. The molecular formula is C13H28N2O2. The minimum atomic E-state index is -0.847. The number of aliphatic hydroxyl groups is 1. The molecule has 0 aliphatic rings. The Morgan fingerprint density at radius 3 is 2.29 bits per heavy atom. The summed E-state index contributed by atoms with van der Waals surface area (Å²) in [7, 11) is 1.73. The standard InChI is InChI=1S/C13H28N2O2/c1-10(2)6-11(8-14)7-12(16)15(5)9-13(3,4)17/h10-11,17H,6-9,14H2,1-5H3. The Morgan fingerprint density at radius 2 is 1.94 bits per heavy atom. The van der Waals surface area contributed by atoms with Gasteiger partial charge in [0.25, 0.3) is 0 Å². The van der Waals surface area contributed by atoms with Crippen LogP contribution in [0.15, 0.2) is 0 Å². The summed E-state index contributed by atoms with van der Waals surface area (Å²) < 4.78 is 0. The molecule has 102 valence electrons. The molecule has 4 nitrogen and oxygen atoms in total. The van der Waals surface area contributed by atoms with Gasteiger partial charge in [0.05, 0.1) is 5.60 Å². The molecule has 1 unspecified atom stereocenters. The minimum absolute atomic E-state index is 0.0585. The van der Waals surface area contributed by atoms with Gasteiger partial charge in [0.1, 0.15) is 0 Å². The van der Waals surface area contributed by atoms with Crippen molar-refractivity contribution in [1.29, 1.82) is 0 Å². The zero-order valence-corrected chi connectivity index (χ0v) is 11.9. The van der Waals surface area contributed by atoms with Gasteiger partial charge in [-0.3, -0.25) is 4.79 Å². The molecule has 0 radical (unpaired) electrons. The molecule has 0 aromatic heterocycles. The Bertz CT molecular complexity index is 234. The summed E-state index contributed by atoms with van der Waals surface area (Å²) in [4.78, 5) is 13.5. The largest absolute Gasteiger partial charge is 0.389 e. The Labute approximate surface area is 105 Å². The number of amides is 1. The third-order valence-corrected chi connectivity index (χ3v) is 2.65. The predicted molar refractivity (Wildman–Crippen MR) is 70.6 cm³/mol. The van der Waals surface area contributed by atoms with Crippen molar-refractivity contribution < 1.29 is 9.90 Å². The molecule has 0 heterocycles. The van der Waals surface area contributed by atoms with Crippen LogP contribution in [0.1, 0.15) is 40.5 Å². The second-order valence-corrected chi connectivity index (χ2v) is 6.00. The van der Waals surface area contributed by atoms with E-state index in [0.29, 0.717) is 25.4 Å². The summed E-state index contributed by atoms with van der Waals surface area (Å²) >= 11 is 0. The van der Waals surface area contributed by atoms with Crippen LogP contribution in [0.2, 0.25) is 0 Å². The number of carbonyl (C=O) groups excluding carboxylic acids is 1. The van der Waals surface area contributed by atoms with Crippen molar-refractivity contribution in [2.45, 2.75) is 46.1 Å². The van der Waals surface area contributed by atoms with Gasteiger partial charge >= 0.3 is 0 Å². The van der Waals surface area contributed by atoms with Gasteiger partial charge in [0, 0.05) is 20.0 Å². The van der Waals surface area contributed by atoms with Crippen LogP contribution in [0.4, 0.5) is 0 Å². The van der Waals surface area contributed by atoms with Gasteiger partial charge in [-0.05, 0) is 38.6 Å². The van der Waals surface area contributed by atoms with Crippen molar-refractivity contribution in [3.8, 4) is 0 Å². The third-order valence-electron chi connectivity index (χ3n) is 2.65. The van der Waals surface area contributed by atoms with Crippen LogP contribution in [0, 0.1) is 11.8 Å². The lowest BCUT2D eigenvalue weighted by molar-refractivity contribution is -0.133. The topological polar surface area (TPSA) is 66.6 Å². The SMILES string of the molecule is CC(C)CC(CN)CC(=O)N(C)CC(C)(C)O. The third kappa shape index (κ3) is 8.16. The van der Waals surface area contributed by atoms with Crippen LogP contribution in [0.5, 0.6) is 0 Å². The fourth-order valence-electron chi connectivity index (χ4n) is 2.00. The first-order valence-electron chi connectivity index (χ1n) is 6.32. The van der Waals surface area contributed by atoms with Crippen molar-refractivity contribution in [1.82, 2.24) is 4.90 Å². The summed E-state index contributed by atoms with van der Waals surface area (Å²) in [5.74, 6) is 0.853. The maximum absolute atomic E-state index is 11.9. The molecule has 0 saturated heterocycles.